The van der Waals surface area contributed by atoms with Crippen molar-refractivity contribution in [1.29, 1.82) is 0 Å². The molecular formula is C9H8N4O2. The Hall–Kier alpha value is -2.24. The van der Waals surface area contributed by atoms with Gasteiger partial charge in [0.2, 0.25) is 0 Å². The molecule has 1 aliphatic heterocycles. The number of aliphatic imine (C=N–C) groups is 1. The second-order valence-electron chi connectivity index (χ2n) is 3.02. The van der Waals surface area contributed by atoms with Crippen LogP contribution in [0.15, 0.2) is 29.5 Å². The third-order valence-electron chi connectivity index (χ3n) is 2.07. The van der Waals surface area contributed by atoms with Crippen LogP contribution in [0.2, 0.25) is 0 Å². The Kier molecular flexibility index (Phi) is 1.96. The summed E-state index contributed by atoms with van der Waals surface area (Å²) in [5, 5.41) is 0. The number of hydrogen-bond acceptors (Lipinski definition) is 3. The normalized spacial score (nSPS) is 17.0. The number of nitrogens with one attached hydrogen (secondary N) is 1. The predicted molar refractivity (Wildman–Crippen MR) is 52.4 cm³/mol. The first-order chi connectivity index (χ1) is 7.11. The highest BCUT2D eigenvalue weighted by Gasteiger charge is 2.30. The fraction of sp³-hybridized carbons (Fsp3) is 0.111. The van der Waals surface area contributed by atoms with Gasteiger partial charge in [-0.25, -0.2) is 9.78 Å². The zero-order valence-corrected chi connectivity index (χ0v) is 8.02. The average Bonchev–Trinajstić information content (AvgIpc) is 2.73. The molecule has 76 valence electrons. The topological polar surface area (TPSA) is 78.4 Å². The first-order valence-electron chi connectivity index (χ1n) is 4.21. The van der Waals surface area contributed by atoms with Crippen molar-refractivity contribution in [3.63, 3.8) is 0 Å². The first-order valence-corrected chi connectivity index (χ1v) is 4.21. The van der Waals surface area contributed by atoms with Crippen LogP contribution in [0.4, 0.5) is 4.79 Å². The molecule has 0 spiro atoms. The molecule has 1 N–H and O–H groups in total. The molecule has 1 aromatic heterocycles. The average molecular weight is 204 g/mol. The Morgan fingerprint density at radius 2 is 2.20 bits per heavy atom. The van der Waals surface area contributed by atoms with Gasteiger partial charge in [0.05, 0.1) is 5.57 Å². The molecule has 1 aromatic rings. The maximum atomic E-state index is 11.5. The molecule has 0 atom stereocenters. The highest BCUT2D eigenvalue weighted by Crippen LogP contribution is 2.13. The summed E-state index contributed by atoms with van der Waals surface area (Å²) in [6, 6.07) is -0.612. The number of amides is 3. The van der Waals surface area contributed by atoms with Gasteiger partial charge in [-0.1, -0.05) is 6.58 Å². The molecule has 2 rings (SSSR count). The number of imide groups is 1. The molecule has 0 aliphatic carbocycles. The van der Waals surface area contributed by atoms with Gasteiger partial charge in [0.25, 0.3) is 5.91 Å². The molecule has 0 fully saturated rings. The van der Waals surface area contributed by atoms with Gasteiger partial charge in [-0.2, -0.15) is 4.99 Å². The van der Waals surface area contributed by atoms with Gasteiger partial charge in [0, 0.05) is 19.4 Å². The maximum Gasteiger partial charge on any atom is 0.350 e. The lowest BCUT2D eigenvalue weighted by atomic mass is 10.1. The largest absolute Gasteiger partial charge is 0.350 e. The summed E-state index contributed by atoms with van der Waals surface area (Å²) >= 11 is 0. The Bertz CT molecular complexity index is 472. The van der Waals surface area contributed by atoms with E-state index in [0.717, 1.165) is 4.90 Å². The molecule has 0 bridgehead atoms. The molecule has 0 aromatic carbocycles. The van der Waals surface area contributed by atoms with E-state index < -0.39 is 11.9 Å². The first kappa shape index (κ1) is 9.32. The molecule has 0 unspecified atom stereocenters. The third kappa shape index (κ3) is 1.35. The predicted octanol–water partition coefficient (Wildman–Crippen LogP) is 0.347. The number of imidazole rings is 1. The van der Waals surface area contributed by atoms with Gasteiger partial charge in [-0.15, -0.1) is 0 Å². The van der Waals surface area contributed by atoms with Crippen molar-refractivity contribution in [1.82, 2.24) is 14.9 Å². The second kappa shape index (κ2) is 3.16. The molecule has 0 saturated carbocycles. The zero-order chi connectivity index (χ0) is 11.0. The minimum Gasteiger partial charge on any atom is -0.343 e. The smallest absolute Gasteiger partial charge is 0.343 e. The fourth-order valence-electron chi connectivity index (χ4n) is 1.22. The van der Waals surface area contributed by atoms with Gasteiger partial charge in [0.15, 0.2) is 5.82 Å². The van der Waals surface area contributed by atoms with Crippen molar-refractivity contribution >= 4 is 17.6 Å². The SMILES string of the molecule is C=C1C(=O)N(C)C(=O)N=C1c1ncc[nH]1. The molecule has 0 radical (unpaired) electrons. The van der Waals surface area contributed by atoms with E-state index in [1.807, 2.05) is 0 Å². The molecular weight excluding hydrogens is 196 g/mol. The van der Waals surface area contributed by atoms with Gasteiger partial charge >= 0.3 is 6.03 Å². The summed E-state index contributed by atoms with van der Waals surface area (Å²) in [6.07, 6.45) is 3.09. The van der Waals surface area contributed by atoms with Crippen molar-refractivity contribution in [2.75, 3.05) is 7.05 Å². The Morgan fingerprint density at radius 1 is 1.47 bits per heavy atom. The van der Waals surface area contributed by atoms with Crippen LogP contribution in [0.5, 0.6) is 0 Å². The van der Waals surface area contributed by atoms with Crippen LogP contribution in [-0.2, 0) is 4.79 Å². The van der Waals surface area contributed by atoms with Crippen LogP contribution in [0.1, 0.15) is 5.82 Å². The lowest BCUT2D eigenvalue weighted by Crippen LogP contribution is -2.39. The number of rotatable bonds is 1. The summed E-state index contributed by atoms with van der Waals surface area (Å²) in [7, 11) is 1.36. The number of carbonyl (C=O) groups is 2. The number of H-pyrrole nitrogens is 1. The third-order valence-corrected chi connectivity index (χ3v) is 2.07. The minimum absolute atomic E-state index is 0.159. The Labute approximate surface area is 85.3 Å². The van der Waals surface area contributed by atoms with Crippen LogP contribution in [0.25, 0.3) is 0 Å². The van der Waals surface area contributed by atoms with E-state index in [9.17, 15) is 9.59 Å². The summed E-state index contributed by atoms with van der Waals surface area (Å²) in [6.45, 7) is 3.58. The number of aromatic nitrogens is 2. The highest BCUT2D eigenvalue weighted by molar-refractivity contribution is 6.33. The van der Waals surface area contributed by atoms with Crippen molar-refractivity contribution in [2.45, 2.75) is 0 Å². The maximum absolute atomic E-state index is 11.5. The van der Waals surface area contributed by atoms with E-state index in [2.05, 4.69) is 21.5 Å². The van der Waals surface area contributed by atoms with Crippen LogP contribution in [0.3, 0.4) is 0 Å². The molecule has 2 heterocycles. The zero-order valence-electron chi connectivity index (χ0n) is 8.02. The van der Waals surface area contributed by atoms with Gasteiger partial charge < -0.3 is 4.98 Å². The van der Waals surface area contributed by atoms with E-state index in [-0.39, 0.29) is 11.3 Å². The summed E-state index contributed by atoms with van der Waals surface area (Å²) in [4.78, 5) is 34.1. The molecule has 15 heavy (non-hydrogen) atoms. The van der Waals surface area contributed by atoms with Crippen molar-refractivity contribution in [2.24, 2.45) is 4.99 Å². The number of carbonyl (C=O) groups excluding carboxylic acids is 2. The van der Waals surface area contributed by atoms with Crippen molar-refractivity contribution < 1.29 is 9.59 Å². The molecule has 6 heteroatoms. The lowest BCUT2D eigenvalue weighted by molar-refractivity contribution is -0.122. The standard InChI is InChI=1S/C9H8N4O2/c1-5-6(7-10-3-4-11-7)12-9(15)13(2)8(5)14/h3-4H,1H2,2H3,(H,10,11). The van der Waals surface area contributed by atoms with Gasteiger partial charge in [-0.05, 0) is 0 Å². The summed E-state index contributed by atoms with van der Waals surface area (Å²) < 4.78 is 0. The van der Waals surface area contributed by atoms with Crippen LogP contribution in [-0.4, -0.2) is 39.6 Å². The number of urea groups is 1. The number of hydrogen-bond donors (Lipinski definition) is 1. The van der Waals surface area contributed by atoms with Gasteiger partial charge in [0.1, 0.15) is 5.71 Å². The van der Waals surface area contributed by atoms with E-state index in [1.165, 1.54) is 13.2 Å². The van der Waals surface area contributed by atoms with Crippen molar-refractivity contribution in [3.8, 4) is 0 Å². The van der Waals surface area contributed by atoms with E-state index in [4.69, 9.17) is 0 Å². The van der Waals surface area contributed by atoms with Crippen LogP contribution in [0, 0.1) is 0 Å². The number of aromatic amines is 1. The van der Waals surface area contributed by atoms with Crippen molar-refractivity contribution in [3.05, 3.63) is 30.4 Å². The fourth-order valence-corrected chi connectivity index (χ4v) is 1.22. The number of likely N-dealkylation sites (N-methyl/N-ethyl adjacent to an activating group) is 1. The lowest BCUT2D eigenvalue weighted by Gasteiger charge is -2.19. The second-order valence-corrected chi connectivity index (χ2v) is 3.02. The quantitative estimate of drug-likeness (QED) is 0.670. The molecule has 3 amide bonds. The van der Waals surface area contributed by atoms with Crippen LogP contribution < -0.4 is 0 Å². The summed E-state index contributed by atoms with van der Waals surface area (Å²) in [5.74, 6) is -0.0869. The highest BCUT2D eigenvalue weighted by atomic mass is 16.2. The van der Waals surface area contributed by atoms with E-state index in [1.54, 1.807) is 6.20 Å². The Balaban J connectivity index is 2.50. The minimum atomic E-state index is -0.612. The summed E-state index contributed by atoms with van der Waals surface area (Å²) in [5.41, 5.74) is 0.361. The Morgan fingerprint density at radius 3 is 2.80 bits per heavy atom. The molecule has 6 nitrogen and oxygen atoms in total. The molecule has 1 aliphatic rings. The number of nitrogens with zero attached hydrogens (tertiary/aromatic N) is 3. The van der Waals surface area contributed by atoms with E-state index in [0.29, 0.717) is 5.82 Å². The molecule has 0 saturated heterocycles. The van der Waals surface area contributed by atoms with E-state index >= 15 is 0 Å². The monoisotopic (exact) mass is 204 g/mol. The van der Waals surface area contributed by atoms with Gasteiger partial charge in [-0.3, -0.25) is 9.69 Å². The van der Waals surface area contributed by atoms with Crippen LogP contribution >= 0.6 is 0 Å².